The predicted molar refractivity (Wildman–Crippen MR) is 101 cm³/mol. The van der Waals surface area contributed by atoms with Crippen molar-refractivity contribution in [3.8, 4) is 5.75 Å². The lowest BCUT2D eigenvalue weighted by molar-refractivity contribution is 0.0299. The number of aromatic nitrogens is 2. The van der Waals surface area contributed by atoms with E-state index in [-0.39, 0.29) is 12.0 Å². The van der Waals surface area contributed by atoms with Crippen molar-refractivity contribution in [2.24, 2.45) is 0 Å². The maximum absolute atomic E-state index is 12.6. The number of pyridine rings is 1. The van der Waals surface area contributed by atoms with Crippen LogP contribution >= 0.6 is 0 Å². The number of carbonyl (C=O) groups excluding carboxylic acids is 1. The summed E-state index contributed by atoms with van der Waals surface area (Å²) in [7, 11) is 0. The van der Waals surface area contributed by atoms with Crippen LogP contribution in [-0.2, 0) is 4.74 Å². The number of hydrogen-bond acceptors (Lipinski definition) is 5. The van der Waals surface area contributed by atoms with Crippen molar-refractivity contribution in [2.45, 2.75) is 37.8 Å². The molecule has 0 aromatic carbocycles. The zero-order valence-corrected chi connectivity index (χ0v) is 15.5. The summed E-state index contributed by atoms with van der Waals surface area (Å²) >= 11 is 0. The highest BCUT2D eigenvalue weighted by Crippen LogP contribution is 2.30. The minimum atomic E-state index is 0.00576. The lowest BCUT2D eigenvalue weighted by Crippen LogP contribution is -2.40. The summed E-state index contributed by atoms with van der Waals surface area (Å²) in [6.45, 7) is 4.73. The fraction of sp³-hybridized carbons (Fsp3) is 0.600. The highest BCUT2D eigenvalue weighted by atomic mass is 16.5. The number of likely N-dealkylation sites (tertiary alicyclic amines) is 1. The lowest BCUT2D eigenvalue weighted by atomic mass is 10.1. The van der Waals surface area contributed by atoms with Crippen molar-refractivity contribution < 1.29 is 14.3 Å². The van der Waals surface area contributed by atoms with Crippen molar-refractivity contribution in [3.05, 3.63) is 24.0 Å². The Kier molecular flexibility index (Phi) is 4.49. The number of nitrogens with zero attached hydrogens (tertiary/aromatic N) is 3. The second kappa shape index (κ2) is 7.13. The van der Waals surface area contributed by atoms with Crippen molar-refractivity contribution in [1.82, 2.24) is 19.8 Å². The molecule has 7 heteroatoms. The van der Waals surface area contributed by atoms with Gasteiger partial charge in [-0.2, -0.15) is 0 Å². The van der Waals surface area contributed by atoms with Gasteiger partial charge < -0.3 is 24.3 Å². The molecule has 1 saturated carbocycles. The molecule has 0 spiro atoms. The first-order chi connectivity index (χ1) is 13.3. The summed E-state index contributed by atoms with van der Waals surface area (Å²) in [4.78, 5) is 24.7. The monoisotopic (exact) mass is 370 g/mol. The molecule has 3 aliphatic rings. The normalized spacial score (nSPS) is 22.3. The largest absolute Gasteiger partial charge is 0.489 e. The molecule has 2 saturated heterocycles. The van der Waals surface area contributed by atoms with Crippen LogP contribution in [0.4, 0.5) is 0 Å². The number of morpholine rings is 1. The molecule has 0 atom stereocenters. The van der Waals surface area contributed by atoms with Crippen LogP contribution in [0.15, 0.2) is 18.3 Å². The van der Waals surface area contributed by atoms with Crippen molar-refractivity contribution in [3.63, 3.8) is 0 Å². The molecular weight excluding hydrogens is 344 g/mol. The Bertz CT molecular complexity index is 818. The van der Waals surface area contributed by atoms with Gasteiger partial charge in [-0.25, -0.2) is 4.98 Å². The first-order valence-electron chi connectivity index (χ1n) is 10.0. The second-order valence-corrected chi connectivity index (χ2v) is 7.78. The number of H-pyrrole nitrogens is 1. The van der Waals surface area contributed by atoms with Crippen LogP contribution in [0.3, 0.4) is 0 Å². The molecule has 2 aliphatic heterocycles. The fourth-order valence-electron chi connectivity index (χ4n) is 4.10. The minimum absolute atomic E-state index is 0.00576. The molecule has 2 aromatic rings. The maximum atomic E-state index is 12.6. The Morgan fingerprint density at radius 1 is 1.11 bits per heavy atom. The first kappa shape index (κ1) is 17.0. The summed E-state index contributed by atoms with van der Waals surface area (Å²) in [5.74, 6) is 0.794. The lowest BCUT2D eigenvalue weighted by Gasteiger charge is -2.32. The zero-order chi connectivity index (χ0) is 18.2. The van der Waals surface area contributed by atoms with Crippen LogP contribution in [0, 0.1) is 0 Å². The molecule has 1 N–H and O–H groups in total. The Balaban J connectivity index is 1.25. The van der Waals surface area contributed by atoms with Crippen LogP contribution in [0.25, 0.3) is 11.0 Å². The molecule has 5 rings (SSSR count). The Labute approximate surface area is 158 Å². The number of rotatable bonds is 4. The molecule has 0 bridgehead atoms. The molecule has 1 amide bonds. The van der Waals surface area contributed by atoms with Crippen molar-refractivity contribution >= 4 is 16.9 Å². The van der Waals surface area contributed by atoms with Gasteiger partial charge in [-0.3, -0.25) is 4.79 Å². The number of carbonyl (C=O) groups is 1. The second-order valence-electron chi connectivity index (χ2n) is 7.78. The van der Waals surface area contributed by atoms with Gasteiger partial charge in [0, 0.05) is 37.6 Å². The smallest absolute Gasteiger partial charge is 0.270 e. The Hall–Kier alpha value is -2.12. The van der Waals surface area contributed by atoms with E-state index in [1.807, 2.05) is 17.0 Å². The van der Waals surface area contributed by atoms with Gasteiger partial charge in [-0.05, 0) is 37.8 Å². The molecule has 2 aromatic heterocycles. The highest BCUT2D eigenvalue weighted by molar-refractivity contribution is 5.97. The average molecular weight is 370 g/mol. The van der Waals surface area contributed by atoms with E-state index in [1.54, 1.807) is 6.20 Å². The molecule has 3 fully saturated rings. The fourth-order valence-corrected chi connectivity index (χ4v) is 4.10. The van der Waals surface area contributed by atoms with E-state index in [9.17, 15) is 4.79 Å². The number of fused-ring (bicyclic) bond motifs is 1. The Morgan fingerprint density at radius 2 is 1.89 bits per heavy atom. The van der Waals surface area contributed by atoms with E-state index in [1.165, 1.54) is 12.8 Å². The van der Waals surface area contributed by atoms with Gasteiger partial charge in [-0.15, -0.1) is 0 Å². The van der Waals surface area contributed by atoms with Gasteiger partial charge in [0.15, 0.2) is 0 Å². The summed E-state index contributed by atoms with van der Waals surface area (Å²) < 4.78 is 11.5. The molecule has 1 aliphatic carbocycles. The summed E-state index contributed by atoms with van der Waals surface area (Å²) in [5, 5.41) is 0.916. The Morgan fingerprint density at radius 3 is 2.63 bits per heavy atom. The topological polar surface area (TPSA) is 70.7 Å². The summed E-state index contributed by atoms with van der Waals surface area (Å²) in [6, 6.07) is 4.71. The van der Waals surface area contributed by atoms with Crippen molar-refractivity contribution in [2.75, 3.05) is 39.4 Å². The SMILES string of the molecule is O=C(c1cc2cc(OC3CCN(C4CC4)CC3)cnc2[nH]1)N1CCOCC1. The number of hydrogen-bond donors (Lipinski definition) is 1. The predicted octanol–water partition coefficient (Wildman–Crippen LogP) is 2.04. The molecule has 144 valence electrons. The standard InChI is InChI=1S/C20H26N4O3/c25-20(24-7-9-26-10-8-24)18-12-14-11-17(13-21-19(14)22-18)27-16-3-5-23(6-4-16)15-1-2-15/h11-13,15-16H,1-10H2,(H,21,22). The summed E-state index contributed by atoms with van der Waals surface area (Å²) in [5.41, 5.74) is 1.30. The van der Waals surface area contributed by atoms with Gasteiger partial charge in [0.05, 0.1) is 19.4 Å². The van der Waals surface area contributed by atoms with E-state index in [0.29, 0.717) is 32.0 Å². The third kappa shape index (κ3) is 3.66. The van der Waals surface area contributed by atoms with E-state index >= 15 is 0 Å². The number of piperidine rings is 1. The molecule has 27 heavy (non-hydrogen) atoms. The third-order valence-electron chi connectivity index (χ3n) is 5.82. The number of nitrogens with one attached hydrogen (secondary N) is 1. The third-order valence-corrected chi connectivity index (χ3v) is 5.82. The van der Waals surface area contributed by atoms with Crippen LogP contribution in [-0.4, -0.2) is 77.2 Å². The number of aromatic amines is 1. The van der Waals surface area contributed by atoms with E-state index in [0.717, 1.165) is 48.8 Å². The van der Waals surface area contributed by atoms with Crippen LogP contribution in [0.2, 0.25) is 0 Å². The van der Waals surface area contributed by atoms with Gasteiger partial charge in [0.1, 0.15) is 23.2 Å². The average Bonchev–Trinajstić information content (AvgIpc) is 3.47. The first-order valence-corrected chi connectivity index (χ1v) is 10.0. The van der Waals surface area contributed by atoms with Gasteiger partial charge in [0.2, 0.25) is 0 Å². The number of ether oxygens (including phenoxy) is 2. The van der Waals surface area contributed by atoms with Crippen LogP contribution in [0.5, 0.6) is 5.75 Å². The molecule has 0 radical (unpaired) electrons. The zero-order valence-electron chi connectivity index (χ0n) is 15.5. The maximum Gasteiger partial charge on any atom is 0.270 e. The highest BCUT2D eigenvalue weighted by Gasteiger charge is 2.32. The van der Waals surface area contributed by atoms with Gasteiger partial charge in [0.25, 0.3) is 5.91 Å². The van der Waals surface area contributed by atoms with Gasteiger partial charge >= 0.3 is 0 Å². The van der Waals surface area contributed by atoms with E-state index < -0.39 is 0 Å². The van der Waals surface area contributed by atoms with E-state index in [4.69, 9.17) is 9.47 Å². The van der Waals surface area contributed by atoms with Crippen molar-refractivity contribution in [1.29, 1.82) is 0 Å². The molecular formula is C20H26N4O3. The molecule has 4 heterocycles. The van der Waals surface area contributed by atoms with E-state index in [2.05, 4.69) is 14.9 Å². The van der Waals surface area contributed by atoms with Crippen LogP contribution in [0.1, 0.15) is 36.2 Å². The van der Waals surface area contributed by atoms with Gasteiger partial charge in [-0.1, -0.05) is 0 Å². The molecule has 7 nitrogen and oxygen atoms in total. The molecule has 0 unspecified atom stereocenters. The number of amides is 1. The van der Waals surface area contributed by atoms with Crippen LogP contribution < -0.4 is 4.74 Å². The minimum Gasteiger partial charge on any atom is -0.489 e. The quantitative estimate of drug-likeness (QED) is 0.892. The summed E-state index contributed by atoms with van der Waals surface area (Å²) in [6.07, 6.45) is 6.89.